The summed E-state index contributed by atoms with van der Waals surface area (Å²) in [6.45, 7) is 11.5. The number of hydrogen-bond donors (Lipinski definition) is 1. The van der Waals surface area contributed by atoms with E-state index in [9.17, 15) is 14.7 Å². The van der Waals surface area contributed by atoms with E-state index >= 15 is 0 Å². The van der Waals surface area contributed by atoms with E-state index in [1.165, 1.54) is 16.7 Å². The van der Waals surface area contributed by atoms with Crippen molar-refractivity contribution in [2.45, 2.75) is 90.7 Å². The Morgan fingerprint density at radius 2 is 1.60 bits per heavy atom. The monoisotopic (exact) mass is 541 g/mol. The molecule has 212 valence electrons. The van der Waals surface area contributed by atoms with Gasteiger partial charge in [0.15, 0.2) is 0 Å². The maximum absolute atomic E-state index is 13.6. The first kappa shape index (κ1) is 29.4. The van der Waals surface area contributed by atoms with Crippen LogP contribution in [-0.4, -0.2) is 34.0 Å². The van der Waals surface area contributed by atoms with Crippen LogP contribution < -0.4 is 4.74 Å². The molecule has 1 aliphatic rings. The first-order valence-corrected chi connectivity index (χ1v) is 14.5. The van der Waals surface area contributed by atoms with Crippen molar-refractivity contribution in [3.05, 3.63) is 100 Å². The molecular weight excluding hydrogens is 498 g/mol. The first-order valence-electron chi connectivity index (χ1n) is 14.5. The summed E-state index contributed by atoms with van der Waals surface area (Å²) in [4.78, 5) is 26.6. The van der Waals surface area contributed by atoms with E-state index < -0.39 is 11.6 Å². The molecule has 40 heavy (non-hydrogen) atoms. The number of aryl methyl sites for hydroxylation is 1. The third-order valence-electron chi connectivity index (χ3n) is 7.72. The number of carboxylic acids is 1. The molecule has 1 N–H and O–H groups in total. The van der Waals surface area contributed by atoms with E-state index in [2.05, 4.69) is 71.0 Å². The lowest BCUT2D eigenvalue weighted by molar-refractivity contribution is -0.137. The largest absolute Gasteiger partial charge is 0.487 e. The Morgan fingerprint density at radius 1 is 0.950 bits per heavy atom. The molecule has 1 heterocycles. The SMILES string of the molecule is CCCCc1ccc(CN(CCC(=O)O)C(=O)c2ccc3c(c2)C[C@@](C)(Cc2ccc(C(C)(C)C)cc2)O3)cc1. The number of rotatable bonds is 11. The third-order valence-corrected chi connectivity index (χ3v) is 7.72. The Morgan fingerprint density at radius 3 is 2.23 bits per heavy atom. The average Bonchev–Trinajstić information content (AvgIpc) is 3.24. The van der Waals surface area contributed by atoms with Gasteiger partial charge < -0.3 is 14.7 Å². The zero-order valence-corrected chi connectivity index (χ0v) is 24.6. The van der Waals surface area contributed by atoms with Crippen LogP contribution >= 0.6 is 0 Å². The van der Waals surface area contributed by atoms with Crippen LogP contribution in [0, 0.1) is 0 Å². The molecule has 3 aromatic rings. The fraction of sp³-hybridized carbons (Fsp3) is 0.429. The second kappa shape index (κ2) is 12.3. The number of fused-ring (bicyclic) bond motifs is 1. The highest BCUT2D eigenvalue weighted by atomic mass is 16.5. The van der Waals surface area contributed by atoms with Gasteiger partial charge in [-0.1, -0.05) is 82.6 Å². The number of carbonyl (C=O) groups is 2. The Kier molecular flexibility index (Phi) is 9.02. The topological polar surface area (TPSA) is 66.8 Å². The zero-order chi connectivity index (χ0) is 28.9. The molecule has 0 saturated carbocycles. The van der Waals surface area contributed by atoms with Gasteiger partial charge >= 0.3 is 5.97 Å². The molecule has 0 bridgehead atoms. The number of carboxylic acid groups (broad SMARTS) is 1. The zero-order valence-electron chi connectivity index (χ0n) is 24.6. The van der Waals surface area contributed by atoms with Crippen molar-refractivity contribution >= 4 is 11.9 Å². The summed E-state index contributed by atoms with van der Waals surface area (Å²) in [6.07, 6.45) is 4.71. The van der Waals surface area contributed by atoms with E-state index in [-0.39, 0.29) is 24.3 Å². The summed E-state index contributed by atoms with van der Waals surface area (Å²) in [5.74, 6) is -0.267. The van der Waals surface area contributed by atoms with E-state index in [0.717, 1.165) is 42.6 Å². The van der Waals surface area contributed by atoms with Crippen LogP contribution in [0.3, 0.4) is 0 Å². The molecule has 0 fully saturated rings. The Bertz CT molecular complexity index is 1320. The van der Waals surface area contributed by atoms with Crippen molar-refractivity contribution in [3.8, 4) is 5.75 Å². The third kappa shape index (κ3) is 7.53. The molecule has 0 aliphatic carbocycles. The van der Waals surface area contributed by atoms with Crippen molar-refractivity contribution < 1.29 is 19.4 Å². The van der Waals surface area contributed by atoms with Gasteiger partial charge in [-0.15, -0.1) is 0 Å². The number of ether oxygens (including phenoxy) is 1. The maximum Gasteiger partial charge on any atom is 0.305 e. The standard InChI is InChI=1S/C35H43NO4/c1-6-7-8-25-9-11-27(12-10-25)24-36(20-19-32(37)38)33(39)28-15-18-31-29(21-28)23-35(5,40-31)22-26-13-16-30(17-14-26)34(2,3)4/h9-18,21H,6-8,19-20,22-24H2,1-5H3,(H,37,38)/t35-/m1/s1. The maximum atomic E-state index is 13.6. The van der Waals surface area contributed by atoms with Crippen molar-refractivity contribution in [2.75, 3.05) is 6.54 Å². The molecule has 0 radical (unpaired) electrons. The van der Waals surface area contributed by atoms with Crippen molar-refractivity contribution in [3.63, 3.8) is 0 Å². The highest BCUT2D eigenvalue weighted by Gasteiger charge is 2.35. The fourth-order valence-corrected chi connectivity index (χ4v) is 5.39. The average molecular weight is 542 g/mol. The summed E-state index contributed by atoms with van der Waals surface area (Å²) in [5.41, 5.74) is 6.09. The van der Waals surface area contributed by atoms with Gasteiger partial charge in [-0.2, -0.15) is 0 Å². The van der Waals surface area contributed by atoms with Gasteiger partial charge in [-0.25, -0.2) is 0 Å². The molecule has 1 amide bonds. The molecule has 0 aromatic heterocycles. The van der Waals surface area contributed by atoms with Gasteiger partial charge in [0, 0.05) is 31.5 Å². The summed E-state index contributed by atoms with van der Waals surface area (Å²) < 4.78 is 6.40. The Hall–Kier alpha value is -3.60. The minimum absolute atomic E-state index is 0.0968. The molecule has 3 aromatic carbocycles. The summed E-state index contributed by atoms with van der Waals surface area (Å²) in [6, 6.07) is 22.7. The van der Waals surface area contributed by atoms with Crippen molar-refractivity contribution in [1.29, 1.82) is 0 Å². The molecule has 0 saturated heterocycles. The summed E-state index contributed by atoms with van der Waals surface area (Å²) >= 11 is 0. The smallest absolute Gasteiger partial charge is 0.305 e. The van der Waals surface area contributed by atoms with Gasteiger partial charge in [0.25, 0.3) is 5.91 Å². The van der Waals surface area contributed by atoms with E-state index in [1.807, 2.05) is 24.3 Å². The summed E-state index contributed by atoms with van der Waals surface area (Å²) in [5, 5.41) is 9.31. The van der Waals surface area contributed by atoms with Crippen LogP contribution in [0.25, 0.3) is 0 Å². The fourth-order valence-electron chi connectivity index (χ4n) is 5.39. The van der Waals surface area contributed by atoms with Gasteiger partial charge in [-0.05, 0) is 71.2 Å². The number of amides is 1. The predicted molar refractivity (Wildman–Crippen MR) is 160 cm³/mol. The van der Waals surface area contributed by atoms with Crippen LogP contribution in [0.15, 0.2) is 66.7 Å². The van der Waals surface area contributed by atoms with Gasteiger partial charge in [0.05, 0.1) is 6.42 Å². The number of hydrogen-bond acceptors (Lipinski definition) is 3. The number of unbranched alkanes of at least 4 members (excludes halogenated alkanes) is 1. The number of carbonyl (C=O) groups excluding carboxylic acids is 1. The van der Waals surface area contributed by atoms with Gasteiger partial charge in [0.2, 0.25) is 0 Å². The molecule has 5 heteroatoms. The number of nitrogens with zero attached hydrogens (tertiary/aromatic N) is 1. The van der Waals surface area contributed by atoms with E-state index in [0.29, 0.717) is 18.5 Å². The molecule has 1 atom stereocenters. The lowest BCUT2D eigenvalue weighted by Crippen LogP contribution is -2.33. The molecule has 0 spiro atoms. The van der Waals surface area contributed by atoms with Gasteiger partial charge in [0.1, 0.15) is 11.4 Å². The molecule has 0 unspecified atom stereocenters. The lowest BCUT2D eigenvalue weighted by atomic mass is 9.85. The normalized spacial score (nSPS) is 16.3. The summed E-state index contributed by atoms with van der Waals surface area (Å²) in [7, 11) is 0. The lowest BCUT2D eigenvalue weighted by Gasteiger charge is -2.25. The molecular formula is C35H43NO4. The second-order valence-electron chi connectivity index (χ2n) is 12.5. The second-order valence-corrected chi connectivity index (χ2v) is 12.5. The quantitative estimate of drug-likeness (QED) is 0.275. The van der Waals surface area contributed by atoms with E-state index in [4.69, 9.17) is 4.74 Å². The Labute approximate surface area is 239 Å². The number of benzene rings is 3. The van der Waals surface area contributed by atoms with Crippen molar-refractivity contribution in [1.82, 2.24) is 4.90 Å². The van der Waals surface area contributed by atoms with Gasteiger partial charge in [-0.3, -0.25) is 9.59 Å². The first-order chi connectivity index (χ1) is 19.0. The van der Waals surface area contributed by atoms with Crippen LogP contribution in [0.5, 0.6) is 5.75 Å². The number of aliphatic carboxylic acids is 1. The van der Waals surface area contributed by atoms with Crippen LogP contribution in [0.1, 0.15) is 92.1 Å². The Balaban J connectivity index is 1.47. The molecule has 4 rings (SSSR count). The molecule has 5 nitrogen and oxygen atoms in total. The van der Waals surface area contributed by atoms with Crippen LogP contribution in [-0.2, 0) is 36.0 Å². The predicted octanol–water partition coefficient (Wildman–Crippen LogP) is 7.38. The minimum Gasteiger partial charge on any atom is -0.487 e. The van der Waals surface area contributed by atoms with Crippen LogP contribution in [0.2, 0.25) is 0 Å². The highest BCUT2D eigenvalue weighted by Crippen LogP contribution is 2.38. The van der Waals surface area contributed by atoms with E-state index in [1.54, 1.807) is 11.0 Å². The molecule has 1 aliphatic heterocycles. The van der Waals surface area contributed by atoms with Crippen LogP contribution in [0.4, 0.5) is 0 Å². The van der Waals surface area contributed by atoms with Crippen molar-refractivity contribution in [2.24, 2.45) is 0 Å². The highest BCUT2D eigenvalue weighted by molar-refractivity contribution is 5.95. The minimum atomic E-state index is -0.915.